The Labute approximate surface area is 83.0 Å². The van der Waals surface area contributed by atoms with Gasteiger partial charge in [0.05, 0.1) is 6.00 Å². The lowest BCUT2D eigenvalue weighted by molar-refractivity contribution is 0.395. The first-order valence-electron chi connectivity index (χ1n) is 4.01. The summed E-state index contributed by atoms with van der Waals surface area (Å²) in [5.41, 5.74) is 1.41. The fourth-order valence-corrected chi connectivity index (χ4v) is 2.03. The van der Waals surface area contributed by atoms with Crippen molar-refractivity contribution in [3.05, 3.63) is 21.9 Å². The van der Waals surface area contributed by atoms with Gasteiger partial charge in [0.25, 0.3) is 0 Å². The molecule has 0 spiro atoms. The lowest BCUT2D eigenvalue weighted by Gasteiger charge is -2.11. The van der Waals surface area contributed by atoms with E-state index in [0.29, 0.717) is 6.00 Å². The van der Waals surface area contributed by atoms with Crippen LogP contribution in [0, 0.1) is 6.92 Å². The number of hydrogen-bond acceptors (Lipinski definition) is 2. The molecule has 3 heteroatoms. The first-order chi connectivity index (χ1) is 5.74. The highest BCUT2D eigenvalue weighted by atomic mass is 35.5. The van der Waals surface area contributed by atoms with Gasteiger partial charge in [0, 0.05) is 11.4 Å². The maximum atomic E-state index is 5.66. The molecule has 0 unspecified atom stereocenters. The van der Waals surface area contributed by atoms with E-state index in [4.69, 9.17) is 11.6 Å². The number of thiophene rings is 1. The molecule has 0 bridgehead atoms. The number of likely N-dealkylation sites (N-methyl/N-ethyl adjacent to an activating group) is 1. The Hall–Kier alpha value is -0.0500. The van der Waals surface area contributed by atoms with Crippen molar-refractivity contribution in [2.45, 2.75) is 13.3 Å². The van der Waals surface area contributed by atoms with E-state index in [1.54, 1.807) is 0 Å². The van der Waals surface area contributed by atoms with Crippen LogP contribution in [0.25, 0.3) is 0 Å². The summed E-state index contributed by atoms with van der Waals surface area (Å²) in [6.07, 6.45) is 1.12. The normalized spacial score (nSPS) is 11.0. The van der Waals surface area contributed by atoms with Crippen molar-refractivity contribution in [2.75, 3.05) is 19.6 Å². The topological polar surface area (TPSA) is 3.24 Å². The number of alkyl halides is 1. The number of nitrogens with zero attached hydrogens (tertiary/aromatic N) is 1. The largest absolute Gasteiger partial charge is 0.293 e. The van der Waals surface area contributed by atoms with Gasteiger partial charge < -0.3 is 0 Å². The second kappa shape index (κ2) is 4.85. The molecule has 0 amide bonds. The fourth-order valence-electron chi connectivity index (χ4n) is 1.01. The summed E-state index contributed by atoms with van der Waals surface area (Å²) in [5.74, 6) is 0. The van der Waals surface area contributed by atoms with Gasteiger partial charge in [0.2, 0.25) is 0 Å². The van der Waals surface area contributed by atoms with E-state index < -0.39 is 0 Å². The highest BCUT2D eigenvalue weighted by molar-refractivity contribution is 7.10. The molecule has 0 aliphatic rings. The molecule has 1 heterocycles. The van der Waals surface area contributed by atoms with Gasteiger partial charge in [-0.15, -0.1) is 22.9 Å². The molecule has 1 rings (SSSR count). The molecule has 0 aliphatic heterocycles. The monoisotopic (exact) mass is 203 g/mol. The third-order valence-corrected chi connectivity index (χ3v) is 3.38. The van der Waals surface area contributed by atoms with E-state index in [1.807, 2.05) is 18.4 Å². The van der Waals surface area contributed by atoms with Crippen molar-refractivity contribution in [3.63, 3.8) is 0 Å². The second-order valence-corrected chi connectivity index (χ2v) is 4.22. The van der Waals surface area contributed by atoms with E-state index in [2.05, 4.69) is 23.3 Å². The van der Waals surface area contributed by atoms with Crippen molar-refractivity contribution in [1.82, 2.24) is 4.90 Å². The van der Waals surface area contributed by atoms with Crippen molar-refractivity contribution in [2.24, 2.45) is 0 Å². The zero-order chi connectivity index (χ0) is 8.97. The Bertz CT molecular complexity index is 234. The number of rotatable bonds is 4. The molecule has 0 N–H and O–H groups in total. The SMILES string of the molecule is Cc1ccsc1CCN(C)CCl. The van der Waals surface area contributed by atoms with Crippen LogP contribution in [-0.4, -0.2) is 24.5 Å². The summed E-state index contributed by atoms with van der Waals surface area (Å²) in [6, 6.07) is 2.78. The molecule has 1 aromatic rings. The maximum absolute atomic E-state index is 5.66. The molecule has 0 saturated heterocycles. The third-order valence-electron chi connectivity index (χ3n) is 1.89. The Morgan fingerprint density at radius 2 is 2.33 bits per heavy atom. The van der Waals surface area contributed by atoms with Crippen LogP contribution in [0.5, 0.6) is 0 Å². The predicted octanol–water partition coefficient (Wildman–Crippen LogP) is 2.73. The molecule has 68 valence electrons. The molecule has 1 nitrogen and oxygen atoms in total. The summed E-state index contributed by atoms with van der Waals surface area (Å²) in [4.78, 5) is 3.59. The van der Waals surface area contributed by atoms with Crippen LogP contribution in [0.2, 0.25) is 0 Å². The van der Waals surface area contributed by atoms with Crippen LogP contribution < -0.4 is 0 Å². The summed E-state index contributed by atoms with van der Waals surface area (Å²) >= 11 is 7.49. The van der Waals surface area contributed by atoms with Crippen LogP contribution in [0.1, 0.15) is 10.4 Å². The van der Waals surface area contributed by atoms with E-state index in [0.717, 1.165) is 13.0 Å². The van der Waals surface area contributed by atoms with Crippen LogP contribution in [0.4, 0.5) is 0 Å². The van der Waals surface area contributed by atoms with Gasteiger partial charge in [0.1, 0.15) is 0 Å². The Kier molecular flexibility index (Phi) is 4.06. The highest BCUT2D eigenvalue weighted by Gasteiger charge is 2.01. The van der Waals surface area contributed by atoms with Crippen molar-refractivity contribution in [3.8, 4) is 0 Å². The van der Waals surface area contributed by atoms with Gasteiger partial charge in [-0.25, -0.2) is 0 Å². The average molecular weight is 204 g/mol. The van der Waals surface area contributed by atoms with Crippen LogP contribution >= 0.6 is 22.9 Å². The van der Waals surface area contributed by atoms with Crippen molar-refractivity contribution in [1.29, 1.82) is 0 Å². The van der Waals surface area contributed by atoms with Gasteiger partial charge in [-0.1, -0.05) is 0 Å². The quantitative estimate of drug-likeness (QED) is 0.538. The lowest BCUT2D eigenvalue weighted by Crippen LogP contribution is -2.19. The first kappa shape index (κ1) is 10.0. The molecular weight excluding hydrogens is 190 g/mol. The minimum Gasteiger partial charge on any atom is -0.293 e. The minimum absolute atomic E-state index is 0.615. The molecular formula is C9H14ClNS. The standard InChI is InChI=1S/C9H14ClNS/c1-8-4-6-12-9(8)3-5-11(2)7-10/h4,6H,3,5,7H2,1-2H3. The number of halogens is 1. The van der Waals surface area contributed by atoms with Gasteiger partial charge >= 0.3 is 0 Å². The van der Waals surface area contributed by atoms with Gasteiger partial charge in [0.15, 0.2) is 0 Å². The van der Waals surface area contributed by atoms with Crippen molar-refractivity contribution >= 4 is 22.9 Å². The van der Waals surface area contributed by atoms with Crippen LogP contribution in [0.15, 0.2) is 11.4 Å². The molecule has 0 aliphatic carbocycles. The molecule has 0 fully saturated rings. The minimum atomic E-state index is 0.615. The van der Waals surface area contributed by atoms with Crippen molar-refractivity contribution < 1.29 is 0 Å². The Morgan fingerprint density at radius 3 is 2.83 bits per heavy atom. The molecule has 0 saturated carbocycles. The molecule has 1 aromatic heterocycles. The van der Waals surface area contributed by atoms with E-state index in [1.165, 1.54) is 10.4 Å². The van der Waals surface area contributed by atoms with Crippen LogP contribution in [0.3, 0.4) is 0 Å². The van der Waals surface area contributed by atoms with Gasteiger partial charge in [-0.2, -0.15) is 0 Å². The fraction of sp³-hybridized carbons (Fsp3) is 0.556. The summed E-state index contributed by atoms with van der Waals surface area (Å²) in [6.45, 7) is 3.21. The molecule has 12 heavy (non-hydrogen) atoms. The summed E-state index contributed by atoms with van der Waals surface area (Å²) in [5, 5.41) is 2.14. The Balaban J connectivity index is 2.38. The number of aryl methyl sites for hydroxylation is 1. The summed E-state index contributed by atoms with van der Waals surface area (Å²) < 4.78 is 0. The van der Waals surface area contributed by atoms with E-state index >= 15 is 0 Å². The lowest BCUT2D eigenvalue weighted by atomic mass is 10.2. The molecule has 0 aromatic carbocycles. The summed E-state index contributed by atoms with van der Waals surface area (Å²) in [7, 11) is 2.04. The zero-order valence-electron chi connectivity index (χ0n) is 7.51. The second-order valence-electron chi connectivity index (χ2n) is 2.98. The van der Waals surface area contributed by atoms with Crippen LogP contribution in [-0.2, 0) is 6.42 Å². The first-order valence-corrected chi connectivity index (χ1v) is 5.43. The smallest absolute Gasteiger partial charge is 0.0736 e. The third kappa shape index (κ3) is 2.77. The van der Waals surface area contributed by atoms with E-state index in [-0.39, 0.29) is 0 Å². The van der Waals surface area contributed by atoms with E-state index in [9.17, 15) is 0 Å². The average Bonchev–Trinajstić information content (AvgIpc) is 2.47. The molecule has 0 radical (unpaired) electrons. The number of hydrogen-bond donors (Lipinski definition) is 0. The zero-order valence-corrected chi connectivity index (χ0v) is 9.08. The van der Waals surface area contributed by atoms with Gasteiger partial charge in [-0.05, 0) is 37.4 Å². The molecule has 0 atom stereocenters. The highest BCUT2D eigenvalue weighted by Crippen LogP contribution is 2.16. The maximum Gasteiger partial charge on any atom is 0.0736 e. The van der Waals surface area contributed by atoms with Gasteiger partial charge in [-0.3, -0.25) is 4.90 Å². The predicted molar refractivity (Wildman–Crippen MR) is 56.1 cm³/mol. The Morgan fingerprint density at radius 1 is 1.58 bits per heavy atom.